The van der Waals surface area contributed by atoms with Crippen LogP contribution in [0.3, 0.4) is 0 Å². The van der Waals surface area contributed by atoms with Crippen molar-refractivity contribution in [1.82, 2.24) is 9.80 Å². The molecule has 0 fully saturated rings. The average molecular weight is 438 g/mol. The van der Waals surface area contributed by atoms with Gasteiger partial charge in [0.15, 0.2) is 0 Å². The molecule has 3 rings (SSSR count). The van der Waals surface area contributed by atoms with E-state index >= 15 is 0 Å². The monoisotopic (exact) mass is 437 g/mol. The second-order valence-electron chi connectivity index (χ2n) is 7.62. The van der Waals surface area contributed by atoms with Crippen molar-refractivity contribution in [2.24, 2.45) is 0 Å². The van der Waals surface area contributed by atoms with Gasteiger partial charge in [-0.25, -0.2) is 9.18 Å². The van der Waals surface area contributed by atoms with Gasteiger partial charge >= 0.3 is 6.03 Å². The van der Waals surface area contributed by atoms with Crippen molar-refractivity contribution in [3.8, 4) is 0 Å². The van der Waals surface area contributed by atoms with E-state index in [4.69, 9.17) is 4.42 Å². The van der Waals surface area contributed by atoms with Crippen LogP contribution in [-0.4, -0.2) is 34.8 Å². The number of urea groups is 1. The zero-order valence-corrected chi connectivity index (χ0v) is 18.4. The molecule has 6 nitrogen and oxygen atoms in total. The van der Waals surface area contributed by atoms with Crippen LogP contribution >= 0.6 is 0 Å². The van der Waals surface area contributed by atoms with Crippen LogP contribution in [0.4, 0.5) is 14.9 Å². The second-order valence-corrected chi connectivity index (χ2v) is 7.62. The van der Waals surface area contributed by atoms with Crippen molar-refractivity contribution in [3.05, 3.63) is 89.6 Å². The SMILES string of the molecule is CCCN(CC(=O)N(Cc1ccc(F)cc1)Cc1ccco1)C(=O)Nc1ccccc1C. The van der Waals surface area contributed by atoms with Gasteiger partial charge in [-0.3, -0.25) is 4.79 Å². The van der Waals surface area contributed by atoms with Gasteiger partial charge in [0.25, 0.3) is 0 Å². The normalized spacial score (nSPS) is 10.6. The van der Waals surface area contributed by atoms with Crippen molar-refractivity contribution in [2.75, 3.05) is 18.4 Å². The number of aryl methyl sites for hydroxylation is 1. The molecule has 0 aliphatic rings. The summed E-state index contributed by atoms with van der Waals surface area (Å²) in [5, 5.41) is 2.90. The summed E-state index contributed by atoms with van der Waals surface area (Å²) in [5.74, 6) is 0.0747. The van der Waals surface area contributed by atoms with Gasteiger partial charge in [-0.2, -0.15) is 0 Å². The first-order valence-corrected chi connectivity index (χ1v) is 10.6. The van der Waals surface area contributed by atoms with Crippen LogP contribution in [0.2, 0.25) is 0 Å². The highest BCUT2D eigenvalue weighted by Crippen LogP contribution is 2.16. The third-order valence-electron chi connectivity index (χ3n) is 5.06. The number of nitrogens with one attached hydrogen (secondary N) is 1. The number of hydrogen-bond acceptors (Lipinski definition) is 3. The Kier molecular flexibility index (Phi) is 8.02. The Morgan fingerprint density at radius 2 is 1.72 bits per heavy atom. The first kappa shape index (κ1) is 23.1. The van der Waals surface area contributed by atoms with Gasteiger partial charge in [-0.1, -0.05) is 37.3 Å². The Balaban J connectivity index is 1.74. The summed E-state index contributed by atoms with van der Waals surface area (Å²) < 4.78 is 18.7. The van der Waals surface area contributed by atoms with E-state index in [1.165, 1.54) is 17.0 Å². The van der Waals surface area contributed by atoms with Crippen LogP contribution in [0.1, 0.15) is 30.2 Å². The molecular weight excluding hydrogens is 409 g/mol. The highest BCUT2D eigenvalue weighted by Gasteiger charge is 2.22. The first-order chi connectivity index (χ1) is 15.5. The zero-order chi connectivity index (χ0) is 22.9. The number of anilines is 1. The number of amides is 3. The van der Waals surface area contributed by atoms with Gasteiger partial charge in [-0.15, -0.1) is 0 Å². The molecule has 3 aromatic rings. The van der Waals surface area contributed by atoms with E-state index in [2.05, 4.69) is 5.32 Å². The largest absolute Gasteiger partial charge is 0.467 e. The number of halogens is 1. The molecule has 0 bridgehead atoms. The van der Waals surface area contributed by atoms with Gasteiger partial charge in [0.2, 0.25) is 5.91 Å². The maximum atomic E-state index is 13.3. The molecule has 168 valence electrons. The highest BCUT2D eigenvalue weighted by atomic mass is 19.1. The number of carbonyl (C=O) groups is 2. The summed E-state index contributed by atoms with van der Waals surface area (Å²) in [5.41, 5.74) is 2.45. The number of hydrogen-bond donors (Lipinski definition) is 1. The van der Waals surface area contributed by atoms with E-state index in [-0.39, 0.29) is 37.4 Å². The molecule has 0 radical (unpaired) electrons. The van der Waals surface area contributed by atoms with Crippen LogP contribution in [0.25, 0.3) is 0 Å². The van der Waals surface area contributed by atoms with Crippen LogP contribution in [0.5, 0.6) is 0 Å². The van der Waals surface area contributed by atoms with E-state index < -0.39 is 0 Å². The van der Waals surface area contributed by atoms with Gasteiger partial charge in [0.1, 0.15) is 18.1 Å². The molecule has 0 spiro atoms. The van der Waals surface area contributed by atoms with Gasteiger partial charge < -0.3 is 19.5 Å². The van der Waals surface area contributed by atoms with E-state index in [1.807, 2.05) is 38.1 Å². The summed E-state index contributed by atoms with van der Waals surface area (Å²) in [6, 6.07) is 16.7. The Labute approximate surface area is 187 Å². The number of furan rings is 1. The lowest BCUT2D eigenvalue weighted by Crippen LogP contribution is -2.44. The molecule has 7 heteroatoms. The van der Waals surface area contributed by atoms with E-state index in [0.717, 1.165) is 11.1 Å². The van der Waals surface area contributed by atoms with Gasteiger partial charge in [0, 0.05) is 18.8 Å². The Hall–Kier alpha value is -3.61. The molecule has 0 saturated carbocycles. The Morgan fingerprint density at radius 3 is 2.38 bits per heavy atom. The minimum Gasteiger partial charge on any atom is -0.467 e. The molecule has 32 heavy (non-hydrogen) atoms. The fourth-order valence-electron chi connectivity index (χ4n) is 3.33. The molecular formula is C25H28FN3O3. The quantitative estimate of drug-likeness (QED) is 0.500. The summed E-state index contributed by atoms with van der Waals surface area (Å²) in [6.45, 7) is 4.76. The third kappa shape index (κ3) is 6.44. The summed E-state index contributed by atoms with van der Waals surface area (Å²) in [7, 11) is 0. The third-order valence-corrected chi connectivity index (χ3v) is 5.06. The smallest absolute Gasteiger partial charge is 0.322 e. The minimum atomic E-state index is -0.334. The van der Waals surface area contributed by atoms with E-state index in [1.54, 1.807) is 35.4 Å². The predicted octanol–water partition coefficient (Wildman–Crippen LogP) is 5.20. The lowest BCUT2D eigenvalue weighted by atomic mass is 10.2. The maximum absolute atomic E-state index is 13.3. The molecule has 0 unspecified atom stereocenters. The van der Waals surface area contributed by atoms with Crippen molar-refractivity contribution in [1.29, 1.82) is 0 Å². The molecule has 0 saturated heterocycles. The van der Waals surface area contributed by atoms with Crippen LogP contribution < -0.4 is 5.32 Å². The molecule has 0 aliphatic heterocycles. The maximum Gasteiger partial charge on any atom is 0.322 e. The van der Waals surface area contributed by atoms with Crippen molar-refractivity contribution in [2.45, 2.75) is 33.4 Å². The van der Waals surface area contributed by atoms with Crippen molar-refractivity contribution >= 4 is 17.6 Å². The summed E-state index contributed by atoms with van der Waals surface area (Å²) in [4.78, 5) is 29.3. The standard InChI is InChI=1S/C25H28FN3O3/c1-3-14-28(25(31)27-23-9-5-4-7-19(23)2)18-24(30)29(17-22-8-6-15-32-22)16-20-10-12-21(26)13-11-20/h4-13,15H,3,14,16-18H2,1-2H3,(H,27,31). The molecule has 1 heterocycles. The number of rotatable bonds is 9. The number of nitrogens with zero attached hydrogens (tertiary/aromatic N) is 2. The van der Waals surface area contributed by atoms with E-state index in [0.29, 0.717) is 24.4 Å². The minimum absolute atomic E-state index is 0.0759. The fraction of sp³-hybridized carbons (Fsp3) is 0.280. The highest BCUT2D eigenvalue weighted by molar-refractivity contribution is 5.93. The number of carbonyl (C=O) groups excluding carboxylic acids is 2. The lowest BCUT2D eigenvalue weighted by Gasteiger charge is -2.27. The molecule has 1 N–H and O–H groups in total. The molecule has 0 atom stereocenters. The molecule has 1 aromatic heterocycles. The lowest BCUT2D eigenvalue weighted by molar-refractivity contribution is -0.133. The molecule has 0 aliphatic carbocycles. The fourth-order valence-corrected chi connectivity index (χ4v) is 3.33. The van der Waals surface area contributed by atoms with Crippen LogP contribution in [0, 0.1) is 12.7 Å². The molecule has 2 aromatic carbocycles. The summed E-state index contributed by atoms with van der Waals surface area (Å²) in [6.07, 6.45) is 2.26. The first-order valence-electron chi connectivity index (χ1n) is 10.6. The Bertz CT molecular complexity index is 1020. The second kappa shape index (κ2) is 11.1. The number of benzene rings is 2. The van der Waals surface area contributed by atoms with E-state index in [9.17, 15) is 14.0 Å². The van der Waals surface area contributed by atoms with Crippen molar-refractivity contribution < 1.29 is 18.4 Å². The topological polar surface area (TPSA) is 65.8 Å². The van der Waals surface area contributed by atoms with Crippen molar-refractivity contribution in [3.63, 3.8) is 0 Å². The zero-order valence-electron chi connectivity index (χ0n) is 18.4. The average Bonchev–Trinajstić information content (AvgIpc) is 3.29. The Morgan fingerprint density at radius 1 is 0.969 bits per heavy atom. The predicted molar refractivity (Wildman–Crippen MR) is 121 cm³/mol. The van der Waals surface area contributed by atoms with Crippen LogP contribution in [-0.2, 0) is 17.9 Å². The van der Waals surface area contributed by atoms with Gasteiger partial charge in [0.05, 0.1) is 12.8 Å². The molecule has 3 amide bonds. The summed E-state index contributed by atoms with van der Waals surface area (Å²) >= 11 is 0. The van der Waals surface area contributed by atoms with Gasteiger partial charge in [-0.05, 0) is 54.8 Å². The van der Waals surface area contributed by atoms with Crippen LogP contribution in [0.15, 0.2) is 71.3 Å². The number of para-hydroxylation sites is 1.